The van der Waals surface area contributed by atoms with E-state index in [-0.39, 0.29) is 17.9 Å². The molecular formula is C18H18Cl2N3O3S-. The van der Waals surface area contributed by atoms with Crippen molar-refractivity contribution in [1.82, 2.24) is 4.90 Å². The number of anilines is 2. The molecule has 0 fully saturated rings. The lowest BCUT2D eigenvalue weighted by atomic mass is 9.92. The number of carbonyl (C=O) groups excluding carboxylic acids is 1. The van der Waals surface area contributed by atoms with Crippen LogP contribution in [0.2, 0.25) is 10.0 Å². The van der Waals surface area contributed by atoms with Gasteiger partial charge in [-0.25, -0.2) is 4.79 Å². The molecule has 0 saturated carbocycles. The van der Waals surface area contributed by atoms with Crippen LogP contribution in [-0.4, -0.2) is 32.1 Å². The van der Waals surface area contributed by atoms with E-state index in [0.29, 0.717) is 28.7 Å². The first kappa shape index (κ1) is 19.9. The van der Waals surface area contributed by atoms with Gasteiger partial charge in [-0.15, -0.1) is 0 Å². The normalized spacial score (nSPS) is 17.2. The summed E-state index contributed by atoms with van der Waals surface area (Å²) in [4.78, 5) is 14.5. The fourth-order valence-corrected chi connectivity index (χ4v) is 4.01. The summed E-state index contributed by atoms with van der Waals surface area (Å²) in [6.07, 6.45) is 0.609. The highest BCUT2D eigenvalue weighted by Crippen LogP contribution is 2.35. The highest BCUT2D eigenvalue weighted by atomic mass is 35.5. The van der Waals surface area contributed by atoms with Crippen LogP contribution in [-0.2, 0) is 17.5 Å². The van der Waals surface area contributed by atoms with Crippen LogP contribution in [0.1, 0.15) is 24.1 Å². The molecule has 0 aliphatic carbocycles. The van der Waals surface area contributed by atoms with E-state index in [1.54, 1.807) is 23.1 Å². The molecule has 0 radical (unpaired) electrons. The molecule has 0 saturated heterocycles. The second-order valence-corrected chi connectivity index (χ2v) is 7.85. The van der Waals surface area contributed by atoms with Gasteiger partial charge in [0.2, 0.25) is 0 Å². The molecule has 0 aromatic heterocycles. The van der Waals surface area contributed by atoms with Crippen molar-refractivity contribution in [2.45, 2.75) is 19.4 Å². The molecule has 2 atom stereocenters. The first-order chi connectivity index (χ1) is 12.9. The number of fused-ring (bicyclic) bond motifs is 1. The number of hydrogen-bond acceptors (Lipinski definition) is 4. The SMILES string of the molecule is C[C@H]1c2cccc(NCS(=O)[O-])c2CCN1C(=O)Nc1c(Cl)cccc1Cl. The summed E-state index contributed by atoms with van der Waals surface area (Å²) in [6.45, 7) is 2.42. The molecule has 27 heavy (non-hydrogen) atoms. The summed E-state index contributed by atoms with van der Waals surface area (Å²) in [5.41, 5.74) is 3.16. The van der Waals surface area contributed by atoms with Crippen LogP contribution >= 0.6 is 23.2 Å². The van der Waals surface area contributed by atoms with E-state index < -0.39 is 11.1 Å². The van der Waals surface area contributed by atoms with Gasteiger partial charge in [-0.1, -0.05) is 41.4 Å². The Hall–Kier alpha value is -1.80. The molecule has 1 aliphatic heterocycles. The van der Waals surface area contributed by atoms with Crippen molar-refractivity contribution in [2.24, 2.45) is 0 Å². The lowest BCUT2D eigenvalue weighted by molar-refractivity contribution is 0.188. The minimum Gasteiger partial charge on any atom is -0.771 e. The van der Waals surface area contributed by atoms with E-state index in [2.05, 4.69) is 10.6 Å². The number of nitrogens with zero attached hydrogens (tertiary/aromatic N) is 1. The van der Waals surface area contributed by atoms with E-state index in [1.807, 2.05) is 25.1 Å². The lowest BCUT2D eigenvalue weighted by Gasteiger charge is -2.36. The van der Waals surface area contributed by atoms with Gasteiger partial charge >= 0.3 is 6.03 Å². The number of para-hydroxylation sites is 1. The Morgan fingerprint density at radius 3 is 2.59 bits per heavy atom. The molecule has 9 heteroatoms. The summed E-state index contributed by atoms with van der Waals surface area (Å²) < 4.78 is 21.7. The molecule has 144 valence electrons. The van der Waals surface area contributed by atoms with Crippen LogP contribution in [0, 0.1) is 0 Å². The number of rotatable bonds is 4. The van der Waals surface area contributed by atoms with Crippen LogP contribution in [0.15, 0.2) is 36.4 Å². The Balaban J connectivity index is 1.80. The van der Waals surface area contributed by atoms with Crippen LogP contribution in [0.25, 0.3) is 0 Å². The van der Waals surface area contributed by atoms with Crippen molar-refractivity contribution in [3.8, 4) is 0 Å². The predicted molar refractivity (Wildman–Crippen MR) is 108 cm³/mol. The van der Waals surface area contributed by atoms with Gasteiger partial charge < -0.3 is 20.1 Å². The molecule has 0 bridgehead atoms. The third kappa shape index (κ3) is 4.38. The molecule has 2 aromatic rings. The maximum atomic E-state index is 12.8. The number of urea groups is 1. The number of halogens is 2. The second kappa shape index (κ2) is 8.48. The van der Waals surface area contributed by atoms with Crippen molar-refractivity contribution in [3.05, 3.63) is 57.6 Å². The lowest BCUT2D eigenvalue weighted by Crippen LogP contribution is -2.41. The van der Waals surface area contributed by atoms with Gasteiger partial charge in [0.25, 0.3) is 0 Å². The molecule has 2 N–H and O–H groups in total. The topological polar surface area (TPSA) is 84.5 Å². The number of carbonyl (C=O) groups is 1. The van der Waals surface area contributed by atoms with E-state index in [0.717, 1.165) is 16.8 Å². The monoisotopic (exact) mass is 426 g/mol. The number of nitrogens with one attached hydrogen (secondary N) is 2. The fraction of sp³-hybridized carbons (Fsp3) is 0.278. The smallest absolute Gasteiger partial charge is 0.322 e. The highest BCUT2D eigenvalue weighted by molar-refractivity contribution is 7.79. The summed E-state index contributed by atoms with van der Waals surface area (Å²) in [5.74, 6) is -0.153. The van der Waals surface area contributed by atoms with Crippen LogP contribution in [0.3, 0.4) is 0 Å². The summed E-state index contributed by atoms with van der Waals surface area (Å²) in [5, 5.41) is 6.46. The Labute approximate surface area is 170 Å². The standard InChI is InChI=1S/C18H19Cl2N3O3S/c1-11-12-4-2-7-16(21-10-27(25)26)13(12)8-9-23(11)18(24)22-17-14(19)5-3-6-15(17)20/h2-7,11,21H,8-10H2,1H3,(H,22,24)(H,25,26)/p-1/t11-/m0/s1. The predicted octanol–water partition coefficient (Wildman–Crippen LogP) is 4.39. The van der Waals surface area contributed by atoms with Crippen LogP contribution in [0.5, 0.6) is 0 Å². The summed E-state index contributed by atoms with van der Waals surface area (Å²) in [7, 11) is 0. The zero-order chi connectivity index (χ0) is 19.6. The van der Waals surface area contributed by atoms with Crippen LogP contribution in [0.4, 0.5) is 16.2 Å². The summed E-state index contributed by atoms with van der Waals surface area (Å²) in [6, 6.07) is 10.2. The Morgan fingerprint density at radius 1 is 1.26 bits per heavy atom. The van der Waals surface area contributed by atoms with Crippen LogP contribution < -0.4 is 10.6 Å². The van der Waals surface area contributed by atoms with Gasteiger partial charge in [0, 0.05) is 12.2 Å². The van der Waals surface area contributed by atoms with E-state index in [4.69, 9.17) is 23.2 Å². The molecule has 1 aliphatic rings. The van der Waals surface area contributed by atoms with Gasteiger partial charge in [-0.05, 0) is 53.8 Å². The molecule has 2 amide bonds. The molecule has 1 unspecified atom stereocenters. The van der Waals surface area contributed by atoms with E-state index in [9.17, 15) is 13.6 Å². The maximum absolute atomic E-state index is 12.8. The van der Waals surface area contributed by atoms with Gasteiger partial charge in [0.1, 0.15) is 0 Å². The zero-order valence-electron chi connectivity index (χ0n) is 14.5. The molecule has 0 spiro atoms. The fourth-order valence-electron chi connectivity index (χ4n) is 3.24. The van der Waals surface area contributed by atoms with Crippen molar-refractivity contribution in [3.63, 3.8) is 0 Å². The average Bonchev–Trinajstić information content (AvgIpc) is 2.63. The number of benzene rings is 2. The van der Waals surface area contributed by atoms with Gasteiger partial charge in [-0.3, -0.25) is 4.21 Å². The Morgan fingerprint density at radius 2 is 1.93 bits per heavy atom. The minimum absolute atomic E-state index is 0.153. The highest BCUT2D eigenvalue weighted by Gasteiger charge is 2.29. The number of amides is 2. The molecule has 2 aromatic carbocycles. The molecular weight excluding hydrogens is 409 g/mol. The summed E-state index contributed by atoms with van der Waals surface area (Å²) >= 11 is 10.1. The second-order valence-electron chi connectivity index (χ2n) is 6.14. The molecule has 1 heterocycles. The third-order valence-electron chi connectivity index (χ3n) is 4.57. The largest absolute Gasteiger partial charge is 0.771 e. The molecule has 3 rings (SSSR count). The molecule has 6 nitrogen and oxygen atoms in total. The van der Waals surface area contributed by atoms with Crippen molar-refractivity contribution >= 4 is 51.7 Å². The van der Waals surface area contributed by atoms with E-state index in [1.165, 1.54) is 0 Å². The Bertz CT molecular complexity index is 874. The number of hydrogen-bond donors (Lipinski definition) is 2. The minimum atomic E-state index is -2.18. The van der Waals surface area contributed by atoms with Crippen molar-refractivity contribution in [1.29, 1.82) is 0 Å². The maximum Gasteiger partial charge on any atom is 0.322 e. The Kier molecular flexibility index (Phi) is 6.26. The quantitative estimate of drug-likeness (QED) is 0.709. The van der Waals surface area contributed by atoms with Gasteiger partial charge in [0.05, 0.1) is 27.7 Å². The first-order valence-electron chi connectivity index (χ1n) is 8.31. The van der Waals surface area contributed by atoms with Crippen molar-refractivity contribution < 1.29 is 13.6 Å². The average molecular weight is 427 g/mol. The van der Waals surface area contributed by atoms with Crippen molar-refractivity contribution in [2.75, 3.05) is 23.1 Å². The van der Waals surface area contributed by atoms with E-state index >= 15 is 0 Å². The third-order valence-corrected chi connectivity index (χ3v) is 5.58. The zero-order valence-corrected chi connectivity index (χ0v) is 16.8. The van der Waals surface area contributed by atoms with Gasteiger partial charge in [-0.2, -0.15) is 0 Å². The van der Waals surface area contributed by atoms with Gasteiger partial charge in [0.15, 0.2) is 0 Å². The first-order valence-corrected chi connectivity index (χ1v) is 10.3.